The Morgan fingerprint density at radius 2 is 1.09 bits per heavy atom. The molecule has 68 valence electrons. The van der Waals surface area contributed by atoms with Gasteiger partial charge in [0, 0.05) is 0 Å². The van der Waals surface area contributed by atoms with Gasteiger partial charge in [-0.05, 0) is 0 Å². The van der Waals surface area contributed by atoms with E-state index in [0.717, 1.165) is 0 Å². The van der Waals surface area contributed by atoms with Gasteiger partial charge in [-0.15, -0.1) is 0 Å². The summed E-state index contributed by atoms with van der Waals surface area (Å²) in [6, 6.07) is -0.833. The smallest absolute Gasteiger partial charge is 0.309 e. The van der Waals surface area contributed by atoms with E-state index in [-0.39, 0.29) is 0 Å². The molecule has 0 heterocycles. The highest BCUT2D eigenvalue weighted by atomic mass is 35.6. The second-order valence-electron chi connectivity index (χ2n) is 0.831. The van der Waals surface area contributed by atoms with Gasteiger partial charge in [-0.25, -0.2) is 4.79 Å². The third kappa shape index (κ3) is 66300. The molecular weight excluding hydrogens is 238 g/mol. The lowest BCUT2D eigenvalue weighted by Crippen LogP contribution is -2.18. The number of urea groups is 1. The first-order valence-electron chi connectivity index (χ1n) is 1.83. The maximum atomic E-state index is 9.00. The lowest BCUT2D eigenvalue weighted by Gasteiger charge is -1.91. The first kappa shape index (κ1) is 17.3. The lowest BCUT2D eigenvalue weighted by molar-refractivity contribution is -0.0979. The van der Waals surface area contributed by atoms with Crippen LogP contribution >= 0.6 is 46.4 Å². The Morgan fingerprint density at radius 3 is 1.09 bits per heavy atom. The fraction of sp³-hybridized carbons (Fsp3) is 0.333. The van der Waals surface area contributed by atoms with Gasteiger partial charge in [0.2, 0.25) is 0 Å². The standard InChI is InChI=1S/CCl4.CH4N2O.CH2O/c2-1(3,4)5;2-1(3)4;1-2/h;(H4,2,3,4);1H2. The topological polar surface area (TPSA) is 86.2 Å². The molecule has 0 unspecified atom stereocenters. The molecule has 0 aromatic carbocycles. The van der Waals surface area contributed by atoms with E-state index in [9.17, 15) is 0 Å². The van der Waals surface area contributed by atoms with Gasteiger partial charge in [0.25, 0.3) is 3.25 Å². The van der Waals surface area contributed by atoms with Gasteiger partial charge >= 0.3 is 6.03 Å². The van der Waals surface area contributed by atoms with Crippen LogP contribution in [-0.2, 0) is 4.79 Å². The van der Waals surface area contributed by atoms with Crippen LogP contribution in [0.4, 0.5) is 4.79 Å². The summed E-state index contributed by atoms with van der Waals surface area (Å²) >= 11 is 19.3. The highest BCUT2D eigenvalue weighted by molar-refractivity contribution is 6.83. The quantitative estimate of drug-likeness (QED) is 0.630. The number of rotatable bonds is 0. The molecule has 0 aromatic heterocycles. The molecule has 4 N–H and O–H groups in total. The van der Waals surface area contributed by atoms with Crippen LogP contribution in [-0.4, -0.2) is 16.1 Å². The van der Waals surface area contributed by atoms with Crippen molar-refractivity contribution in [2.24, 2.45) is 11.5 Å². The summed E-state index contributed by atoms with van der Waals surface area (Å²) in [6.07, 6.45) is 0. The maximum Gasteiger partial charge on any atom is 0.309 e. The van der Waals surface area contributed by atoms with Crippen molar-refractivity contribution in [3.8, 4) is 0 Å². The fourth-order valence-corrected chi connectivity index (χ4v) is 0. The molecule has 11 heavy (non-hydrogen) atoms. The first-order valence-corrected chi connectivity index (χ1v) is 3.34. The summed E-state index contributed by atoms with van der Waals surface area (Å²) in [6.45, 7) is 2.00. The van der Waals surface area contributed by atoms with Crippen LogP contribution in [0.15, 0.2) is 0 Å². The van der Waals surface area contributed by atoms with Gasteiger partial charge < -0.3 is 16.3 Å². The molecule has 0 atom stereocenters. The van der Waals surface area contributed by atoms with Crippen molar-refractivity contribution >= 4 is 59.2 Å². The molecule has 0 rings (SSSR count). The number of hydrogen-bond acceptors (Lipinski definition) is 2. The largest absolute Gasteiger partial charge is 0.352 e. The third-order valence-electron chi connectivity index (χ3n) is 0. The number of carbonyl (C=O) groups excluding carboxylic acids is 2. The SMILES string of the molecule is C=O.ClC(Cl)(Cl)Cl.NC(N)=O. The minimum absolute atomic E-state index is 0.833. The van der Waals surface area contributed by atoms with Crippen LogP contribution in [0, 0.1) is 0 Å². The second-order valence-corrected chi connectivity index (χ2v) is 4.26. The molecule has 0 aliphatic carbocycles. The first-order chi connectivity index (χ1) is 4.73. The number of alkyl halides is 4. The molecule has 0 spiro atoms. The molecule has 0 radical (unpaired) electrons. The van der Waals surface area contributed by atoms with Crippen molar-refractivity contribution in [2.75, 3.05) is 0 Å². The molecule has 0 bridgehead atoms. The van der Waals surface area contributed by atoms with E-state index >= 15 is 0 Å². The Bertz CT molecular complexity index is 94.0. The normalized spacial score (nSPS) is 8.00. The summed E-state index contributed by atoms with van der Waals surface area (Å²) < 4.78 is -1.61. The van der Waals surface area contributed by atoms with Gasteiger partial charge in [0.1, 0.15) is 6.79 Å². The van der Waals surface area contributed by atoms with Crippen molar-refractivity contribution in [2.45, 2.75) is 3.25 Å². The van der Waals surface area contributed by atoms with Crippen LogP contribution in [0.25, 0.3) is 0 Å². The van der Waals surface area contributed by atoms with Crippen molar-refractivity contribution in [1.29, 1.82) is 0 Å². The zero-order valence-electron chi connectivity index (χ0n) is 5.19. The summed E-state index contributed by atoms with van der Waals surface area (Å²) in [5.41, 5.74) is 8.50. The Morgan fingerprint density at radius 1 is 1.09 bits per heavy atom. The molecule has 0 aliphatic rings. The highest BCUT2D eigenvalue weighted by Crippen LogP contribution is 2.29. The average Bonchev–Trinajstić information content (AvgIpc) is 1.63. The monoisotopic (exact) mass is 242 g/mol. The molecule has 0 aliphatic heterocycles. The molecule has 0 saturated heterocycles. The van der Waals surface area contributed by atoms with E-state index in [0.29, 0.717) is 0 Å². The Labute approximate surface area is 83.7 Å². The number of nitrogens with two attached hydrogens (primary N) is 2. The molecule has 4 nitrogen and oxygen atoms in total. The second kappa shape index (κ2) is 10.1. The lowest BCUT2D eigenvalue weighted by atomic mass is 11.2. The van der Waals surface area contributed by atoms with Gasteiger partial charge in [-0.3, -0.25) is 0 Å². The molecule has 0 saturated carbocycles. The average molecular weight is 244 g/mol. The van der Waals surface area contributed by atoms with Gasteiger partial charge in [-0.2, -0.15) is 0 Å². The van der Waals surface area contributed by atoms with Crippen molar-refractivity contribution < 1.29 is 9.59 Å². The molecule has 8 heteroatoms. The van der Waals surface area contributed by atoms with Crippen LogP contribution in [0.3, 0.4) is 0 Å². The summed E-state index contributed by atoms with van der Waals surface area (Å²) in [4.78, 5) is 17.0. The predicted octanol–water partition coefficient (Wildman–Crippen LogP) is 1.39. The van der Waals surface area contributed by atoms with E-state index < -0.39 is 9.28 Å². The van der Waals surface area contributed by atoms with Gasteiger partial charge in [0.15, 0.2) is 0 Å². The number of halogens is 4. The Kier molecular flexibility index (Phi) is 15.8. The van der Waals surface area contributed by atoms with E-state index in [4.69, 9.17) is 56.0 Å². The highest BCUT2D eigenvalue weighted by Gasteiger charge is 2.11. The summed E-state index contributed by atoms with van der Waals surface area (Å²) in [5.74, 6) is 0. The fourth-order valence-electron chi connectivity index (χ4n) is 0. The van der Waals surface area contributed by atoms with Crippen LogP contribution in [0.1, 0.15) is 0 Å². The molecule has 0 fully saturated rings. The molecule has 0 aromatic rings. The zero-order valence-corrected chi connectivity index (χ0v) is 8.21. The van der Waals surface area contributed by atoms with Crippen LogP contribution in [0.2, 0.25) is 0 Å². The molecule has 2 amide bonds. The van der Waals surface area contributed by atoms with E-state index in [1.807, 2.05) is 6.79 Å². The van der Waals surface area contributed by atoms with E-state index in [1.165, 1.54) is 0 Å². The number of primary amides is 2. The van der Waals surface area contributed by atoms with Crippen molar-refractivity contribution in [1.82, 2.24) is 0 Å². The van der Waals surface area contributed by atoms with E-state index in [1.54, 1.807) is 0 Å². The van der Waals surface area contributed by atoms with Crippen molar-refractivity contribution in [3.63, 3.8) is 0 Å². The third-order valence-corrected chi connectivity index (χ3v) is 0. The number of amides is 2. The van der Waals surface area contributed by atoms with Gasteiger partial charge in [-0.1, -0.05) is 46.4 Å². The van der Waals surface area contributed by atoms with Crippen LogP contribution in [0.5, 0.6) is 0 Å². The molecular formula is C3H6Cl4N2O2. The zero-order chi connectivity index (χ0) is 10.1. The van der Waals surface area contributed by atoms with Crippen molar-refractivity contribution in [3.05, 3.63) is 0 Å². The predicted molar refractivity (Wildman–Crippen MR) is 47.0 cm³/mol. The minimum atomic E-state index is -1.61. The summed E-state index contributed by atoms with van der Waals surface area (Å²) in [5, 5.41) is 0. The Balaban J connectivity index is -0.0000000965. The number of hydrogen-bond donors (Lipinski definition) is 2. The van der Waals surface area contributed by atoms with Crippen LogP contribution < -0.4 is 11.5 Å². The minimum Gasteiger partial charge on any atom is -0.352 e. The van der Waals surface area contributed by atoms with Gasteiger partial charge in [0.05, 0.1) is 0 Å². The van der Waals surface area contributed by atoms with E-state index in [2.05, 4.69) is 11.5 Å². The maximum absolute atomic E-state index is 9.00. The Hall–Kier alpha value is 0.1000. The summed E-state index contributed by atoms with van der Waals surface area (Å²) in [7, 11) is 0. The number of carbonyl (C=O) groups is 2.